The molecule has 0 aliphatic carbocycles. The summed E-state index contributed by atoms with van der Waals surface area (Å²) in [6.07, 6.45) is 46.9. The van der Waals surface area contributed by atoms with Crippen LogP contribution in [-0.2, 0) is 23.9 Å². The zero-order valence-electron chi connectivity index (χ0n) is 54.1. The molecule has 3 rings (SSSR count). The quantitative estimate of drug-likeness (QED) is 0.0235. The summed E-state index contributed by atoms with van der Waals surface area (Å²) in [6.45, 7) is 6.53. The van der Waals surface area contributed by atoms with Gasteiger partial charge in [0.2, 0.25) is 0 Å². The number of aliphatic hydroxyl groups excluding tert-OH is 1. The van der Waals surface area contributed by atoms with Crippen LogP contribution in [0.3, 0.4) is 0 Å². The van der Waals surface area contributed by atoms with Crippen molar-refractivity contribution in [3.8, 4) is 17.2 Å². The number of hydrogen-bond acceptors (Lipinski definition) is 12. The maximum atomic E-state index is 13.6. The van der Waals surface area contributed by atoms with Crippen LogP contribution < -0.4 is 14.2 Å². The van der Waals surface area contributed by atoms with Crippen molar-refractivity contribution in [1.29, 1.82) is 0 Å². The Kier molecular flexibility index (Phi) is 43.6. The SMILES string of the molecule is CCCCCCC(O)C/C=C\CCCCCCCC(=O)Oc1ccccc1C(=O)OC(C/C=C\CCCCCCCC(=O)Oc1ccccc1C(=O)OC(C/C=C\CCCCCCCC(=O)Oc1ccccc1C(=O)O)CCCCCC)CCCCCC. The largest absolute Gasteiger partial charge is 0.478 e. The average molecular weight is 1220 g/mol. The van der Waals surface area contributed by atoms with Crippen LogP contribution in [0.25, 0.3) is 0 Å². The molecule has 0 amide bonds. The van der Waals surface area contributed by atoms with Crippen LogP contribution in [0.1, 0.15) is 302 Å². The molecule has 3 aromatic rings. The number of benzene rings is 3. The summed E-state index contributed by atoms with van der Waals surface area (Å²) in [5.74, 6) is -2.79. The third-order valence-corrected chi connectivity index (χ3v) is 15.7. The molecule has 0 aliphatic heterocycles. The molecule has 0 saturated carbocycles. The molecule has 13 heteroatoms. The number of unbranched alkanes of at least 4 members (excludes halogenated alkanes) is 24. The van der Waals surface area contributed by atoms with Gasteiger partial charge in [0.1, 0.15) is 46.1 Å². The molecular formula is C75H110O13. The lowest BCUT2D eigenvalue weighted by Crippen LogP contribution is -2.19. The number of carbonyl (C=O) groups is 6. The Morgan fingerprint density at radius 1 is 0.364 bits per heavy atom. The molecule has 0 spiro atoms. The third-order valence-electron chi connectivity index (χ3n) is 15.7. The van der Waals surface area contributed by atoms with Gasteiger partial charge in [-0.2, -0.15) is 0 Å². The smallest absolute Gasteiger partial charge is 0.342 e. The Hall–Kier alpha value is -6.34. The molecule has 3 unspecified atom stereocenters. The van der Waals surface area contributed by atoms with Crippen LogP contribution in [0.15, 0.2) is 109 Å². The number of ether oxygens (including phenoxy) is 5. The zero-order valence-corrected chi connectivity index (χ0v) is 54.1. The number of aromatic carboxylic acids is 1. The number of carbonyl (C=O) groups excluding carboxylic acids is 5. The number of allylic oxidation sites excluding steroid dienone is 3. The van der Waals surface area contributed by atoms with Gasteiger partial charge in [-0.15, -0.1) is 0 Å². The first-order valence-corrected chi connectivity index (χ1v) is 34.1. The molecule has 88 heavy (non-hydrogen) atoms. The minimum Gasteiger partial charge on any atom is -0.478 e. The summed E-state index contributed by atoms with van der Waals surface area (Å²) in [7, 11) is 0. The van der Waals surface area contributed by atoms with E-state index < -0.39 is 23.9 Å². The number of carboxylic acids is 1. The van der Waals surface area contributed by atoms with Crippen LogP contribution in [-0.4, -0.2) is 64.3 Å². The first kappa shape index (κ1) is 75.9. The van der Waals surface area contributed by atoms with Gasteiger partial charge < -0.3 is 33.9 Å². The molecule has 13 nitrogen and oxygen atoms in total. The second kappa shape index (κ2) is 50.5. The van der Waals surface area contributed by atoms with E-state index >= 15 is 0 Å². The highest BCUT2D eigenvalue weighted by Gasteiger charge is 2.22. The summed E-state index contributed by atoms with van der Waals surface area (Å²) >= 11 is 0. The highest BCUT2D eigenvalue weighted by Crippen LogP contribution is 2.26. The van der Waals surface area contributed by atoms with Gasteiger partial charge in [-0.05, 0) is 133 Å². The van der Waals surface area contributed by atoms with E-state index in [4.69, 9.17) is 23.7 Å². The average Bonchev–Trinajstić information content (AvgIpc) is 3.23. The van der Waals surface area contributed by atoms with E-state index in [-0.39, 0.29) is 83.5 Å². The molecule has 0 saturated heterocycles. The molecule has 0 aliphatic rings. The topological polar surface area (TPSA) is 189 Å². The fourth-order valence-corrected chi connectivity index (χ4v) is 10.4. The fourth-order valence-electron chi connectivity index (χ4n) is 10.4. The summed E-state index contributed by atoms with van der Waals surface area (Å²) in [6, 6.07) is 19.7. The monoisotopic (exact) mass is 1220 g/mol. The van der Waals surface area contributed by atoms with Crippen molar-refractivity contribution < 1.29 is 62.7 Å². The maximum Gasteiger partial charge on any atom is 0.342 e. The van der Waals surface area contributed by atoms with Crippen molar-refractivity contribution in [2.75, 3.05) is 0 Å². The Balaban J connectivity index is 1.33. The number of aliphatic hydroxyl groups is 1. The first-order valence-electron chi connectivity index (χ1n) is 34.1. The molecule has 2 N–H and O–H groups in total. The zero-order chi connectivity index (χ0) is 63.5. The fraction of sp³-hybridized carbons (Fsp3) is 0.600. The van der Waals surface area contributed by atoms with Crippen molar-refractivity contribution >= 4 is 35.8 Å². The third kappa shape index (κ3) is 36.8. The van der Waals surface area contributed by atoms with E-state index in [9.17, 15) is 39.0 Å². The normalized spacial score (nSPS) is 12.5. The lowest BCUT2D eigenvalue weighted by atomic mass is 10.1. The summed E-state index contributed by atoms with van der Waals surface area (Å²) in [5, 5.41) is 19.5. The number of rotatable bonds is 53. The van der Waals surface area contributed by atoms with Gasteiger partial charge in [0.05, 0.1) is 6.10 Å². The lowest BCUT2D eigenvalue weighted by molar-refractivity contribution is -0.135. The van der Waals surface area contributed by atoms with Crippen molar-refractivity contribution in [1.82, 2.24) is 0 Å². The number of para-hydroxylation sites is 3. The standard InChI is InChI=1S/C75H110O13/c1-4-7-10-31-46-61(76)47-32-25-19-13-16-22-29-38-59-71(78)87-68-56-44-41-53-65(68)74(82)85-63(49-34-12-9-6-3)51-36-27-21-15-18-24-30-39-60-72(79)88-69-57-45-42-54-66(69)75(83)84-62(48-33-11-8-5-2)50-35-26-20-14-17-23-28-37-58-70(77)86-67-55-43-40-52-64(67)73(80)81/h25-27,32,35-36,40-45,52-57,61-63,76H,4-24,28-31,33-34,37-39,46-51,58-60H2,1-3H3,(H,80,81)/b32-25-,35-26-,36-27-. The molecule has 0 fully saturated rings. The minimum atomic E-state index is -1.14. The summed E-state index contributed by atoms with van der Waals surface area (Å²) in [5.41, 5.74) is 0.458. The Morgan fingerprint density at radius 2 is 0.670 bits per heavy atom. The molecular weight excluding hydrogens is 1110 g/mol. The summed E-state index contributed by atoms with van der Waals surface area (Å²) < 4.78 is 28.9. The molecule has 3 aromatic carbocycles. The minimum absolute atomic E-state index is 0.0337. The van der Waals surface area contributed by atoms with E-state index in [1.165, 1.54) is 31.4 Å². The van der Waals surface area contributed by atoms with E-state index in [1.807, 2.05) is 0 Å². The molecule has 0 radical (unpaired) electrons. The predicted octanol–water partition coefficient (Wildman–Crippen LogP) is 19.9. The highest BCUT2D eigenvalue weighted by molar-refractivity contribution is 5.94. The lowest BCUT2D eigenvalue weighted by Gasteiger charge is -2.18. The van der Waals surface area contributed by atoms with E-state index in [2.05, 4.69) is 57.2 Å². The first-order chi connectivity index (χ1) is 42.9. The number of hydrogen-bond donors (Lipinski definition) is 2. The maximum absolute atomic E-state index is 13.6. The second-order valence-electron chi connectivity index (χ2n) is 23.5. The van der Waals surface area contributed by atoms with Gasteiger partial charge in [-0.1, -0.05) is 216 Å². The van der Waals surface area contributed by atoms with Gasteiger partial charge >= 0.3 is 35.8 Å². The van der Waals surface area contributed by atoms with Crippen molar-refractivity contribution in [3.05, 3.63) is 126 Å². The Bertz CT molecular complexity index is 2470. The van der Waals surface area contributed by atoms with E-state index in [0.717, 1.165) is 186 Å². The van der Waals surface area contributed by atoms with Crippen LogP contribution in [0.2, 0.25) is 0 Å². The van der Waals surface area contributed by atoms with Gasteiger partial charge in [0, 0.05) is 32.1 Å². The van der Waals surface area contributed by atoms with E-state index in [1.54, 1.807) is 60.7 Å². The van der Waals surface area contributed by atoms with Crippen molar-refractivity contribution in [2.24, 2.45) is 0 Å². The van der Waals surface area contributed by atoms with Crippen LogP contribution >= 0.6 is 0 Å². The van der Waals surface area contributed by atoms with Crippen LogP contribution in [0.4, 0.5) is 0 Å². The summed E-state index contributed by atoms with van der Waals surface area (Å²) in [4.78, 5) is 76.8. The van der Waals surface area contributed by atoms with Gasteiger partial charge in [-0.25, -0.2) is 14.4 Å². The van der Waals surface area contributed by atoms with Gasteiger partial charge in [0.15, 0.2) is 0 Å². The van der Waals surface area contributed by atoms with Crippen molar-refractivity contribution in [3.63, 3.8) is 0 Å². The van der Waals surface area contributed by atoms with Crippen molar-refractivity contribution in [2.45, 2.75) is 289 Å². The van der Waals surface area contributed by atoms with Crippen LogP contribution in [0, 0.1) is 0 Å². The van der Waals surface area contributed by atoms with Gasteiger partial charge in [0.25, 0.3) is 0 Å². The molecule has 3 atom stereocenters. The highest BCUT2D eigenvalue weighted by atomic mass is 16.6. The van der Waals surface area contributed by atoms with Gasteiger partial charge in [-0.3, -0.25) is 14.4 Å². The molecule has 488 valence electrons. The Morgan fingerprint density at radius 3 is 1.05 bits per heavy atom. The van der Waals surface area contributed by atoms with Crippen LogP contribution in [0.5, 0.6) is 17.2 Å². The Labute approximate surface area is 528 Å². The van der Waals surface area contributed by atoms with E-state index in [0.29, 0.717) is 25.7 Å². The molecule has 0 bridgehead atoms. The molecule has 0 aromatic heterocycles. The number of esters is 5. The second-order valence-corrected chi connectivity index (χ2v) is 23.5. The number of carboxylic acid groups (broad SMARTS) is 1. The molecule has 0 heterocycles. The predicted molar refractivity (Wildman–Crippen MR) is 352 cm³/mol.